The third-order valence-corrected chi connectivity index (χ3v) is 13.0. The first kappa shape index (κ1) is 41.5. The summed E-state index contributed by atoms with van der Waals surface area (Å²) in [6.45, 7) is 4.50. The van der Waals surface area contributed by atoms with Crippen molar-refractivity contribution in [1.82, 2.24) is 35.2 Å². The van der Waals surface area contributed by atoms with E-state index in [1.54, 1.807) is 42.0 Å². The number of aromatic nitrogens is 3. The Balaban J connectivity index is 0.868. The van der Waals surface area contributed by atoms with Gasteiger partial charge < -0.3 is 29.9 Å². The maximum Gasteiger partial charge on any atom is 0.269 e. The van der Waals surface area contributed by atoms with E-state index >= 15 is 8.78 Å². The highest BCUT2D eigenvalue weighted by molar-refractivity contribution is 6.05. The van der Waals surface area contributed by atoms with Crippen molar-refractivity contribution in [3.05, 3.63) is 108 Å². The number of amides is 5. The van der Waals surface area contributed by atoms with E-state index in [1.807, 2.05) is 36.5 Å². The van der Waals surface area contributed by atoms with Crippen molar-refractivity contribution in [3.8, 4) is 11.1 Å². The third-order valence-electron chi connectivity index (χ3n) is 13.0. The fraction of sp³-hybridized carbons (Fsp3) is 0.362. The molecule has 4 aliphatic heterocycles. The molecule has 2 aromatic heterocycles. The second-order valence-corrected chi connectivity index (χ2v) is 17.3. The fourth-order valence-electron chi connectivity index (χ4n) is 9.35. The molecule has 3 aromatic carbocycles. The van der Waals surface area contributed by atoms with Crippen LogP contribution in [0, 0.1) is 17.0 Å². The summed E-state index contributed by atoms with van der Waals surface area (Å²) < 4.78 is 33.5. The molecule has 3 saturated heterocycles. The van der Waals surface area contributed by atoms with Crippen molar-refractivity contribution in [2.24, 2.45) is 5.41 Å². The highest BCUT2D eigenvalue weighted by Crippen LogP contribution is 2.44. The van der Waals surface area contributed by atoms with E-state index in [1.165, 1.54) is 17.0 Å². The van der Waals surface area contributed by atoms with Crippen LogP contribution in [0.3, 0.4) is 0 Å². The average molecular weight is 858 g/mol. The molecule has 3 N–H and O–H groups in total. The lowest BCUT2D eigenvalue weighted by Crippen LogP contribution is -2.60. The van der Waals surface area contributed by atoms with Gasteiger partial charge in [0.05, 0.1) is 11.1 Å². The number of halogens is 2. The Morgan fingerprint density at radius 2 is 1.70 bits per heavy atom. The Labute approximate surface area is 362 Å². The van der Waals surface area contributed by atoms with E-state index in [0.717, 1.165) is 61.4 Å². The van der Waals surface area contributed by atoms with Gasteiger partial charge in [-0.1, -0.05) is 18.2 Å². The number of hydrogen-bond acceptors (Lipinski definition) is 8. The first-order valence-corrected chi connectivity index (χ1v) is 21.4. The number of benzene rings is 3. The predicted molar refractivity (Wildman–Crippen MR) is 234 cm³/mol. The smallest absolute Gasteiger partial charge is 0.269 e. The Hall–Kier alpha value is -6.84. The van der Waals surface area contributed by atoms with Gasteiger partial charge in [-0.3, -0.25) is 34.0 Å². The number of H-pyrrole nitrogens is 1. The number of nitrogens with zero attached hydrogens (tertiary/aromatic N) is 6. The molecule has 3 fully saturated rings. The molecule has 1 unspecified atom stereocenters. The first-order valence-electron chi connectivity index (χ1n) is 21.4. The number of anilines is 2. The molecule has 326 valence electrons. The zero-order valence-electron chi connectivity index (χ0n) is 35.3. The highest BCUT2D eigenvalue weighted by atomic mass is 19.1. The van der Waals surface area contributed by atoms with Crippen molar-refractivity contribution in [3.63, 3.8) is 0 Å². The molecule has 0 saturated carbocycles. The molecule has 5 amide bonds. The van der Waals surface area contributed by atoms with E-state index in [9.17, 15) is 24.0 Å². The SMILES string of the molecule is CN(C)C(=O)c1cc2c(-c3ccc(N4CCC5(CC4)CN(c4ccc(C(=O)NC6CCC(=O)NC6=O)c(F)c4)C5)cc3)cc(C3=CCCN(C(=O)CCn4cccn4)C3)c(F)c2[nH]1. The minimum absolute atomic E-state index is 0.0239. The van der Waals surface area contributed by atoms with Crippen LogP contribution in [0.2, 0.25) is 0 Å². The molecular formula is C47H49F2N9O5. The number of carbonyl (C=O) groups is 5. The molecule has 5 aromatic rings. The van der Waals surface area contributed by atoms with Crippen LogP contribution < -0.4 is 20.4 Å². The summed E-state index contributed by atoms with van der Waals surface area (Å²) >= 11 is 0. The average Bonchev–Trinajstić information content (AvgIpc) is 3.97. The molecule has 0 bridgehead atoms. The lowest BCUT2D eigenvalue weighted by molar-refractivity contribution is -0.134. The van der Waals surface area contributed by atoms with E-state index in [2.05, 4.69) is 42.6 Å². The summed E-state index contributed by atoms with van der Waals surface area (Å²) in [6, 6.07) is 17.2. The first-order chi connectivity index (χ1) is 30.3. The number of fused-ring (bicyclic) bond motifs is 1. The lowest BCUT2D eigenvalue weighted by Gasteiger charge is -2.55. The Morgan fingerprint density at radius 1 is 0.937 bits per heavy atom. The monoisotopic (exact) mass is 857 g/mol. The quantitative estimate of drug-likeness (QED) is 0.159. The number of aryl methyl sites for hydroxylation is 1. The van der Waals surface area contributed by atoms with Gasteiger partial charge >= 0.3 is 0 Å². The molecule has 6 heterocycles. The second kappa shape index (κ2) is 16.8. The van der Waals surface area contributed by atoms with Crippen LogP contribution in [0.5, 0.6) is 0 Å². The molecular weight excluding hydrogens is 809 g/mol. The molecule has 16 heteroatoms. The van der Waals surface area contributed by atoms with Gasteiger partial charge in [0.1, 0.15) is 17.6 Å². The molecule has 1 spiro atoms. The van der Waals surface area contributed by atoms with Gasteiger partial charge in [-0.2, -0.15) is 5.10 Å². The number of nitrogens with one attached hydrogen (secondary N) is 3. The summed E-state index contributed by atoms with van der Waals surface area (Å²) in [6.07, 6.45) is 8.55. The van der Waals surface area contributed by atoms with Gasteiger partial charge in [-0.05, 0) is 90.9 Å². The Morgan fingerprint density at radius 3 is 2.40 bits per heavy atom. The van der Waals surface area contributed by atoms with Crippen molar-refractivity contribution in [1.29, 1.82) is 0 Å². The number of hydrogen-bond donors (Lipinski definition) is 3. The minimum Gasteiger partial charge on any atom is -0.371 e. The normalized spacial score (nSPS) is 18.6. The van der Waals surface area contributed by atoms with Gasteiger partial charge in [-0.25, -0.2) is 8.78 Å². The molecule has 1 atom stereocenters. The number of piperidine rings is 2. The molecule has 4 aliphatic rings. The largest absolute Gasteiger partial charge is 0.371 e. The van der Waals surface area contributed by atoms with E-state index < -0.39 is 35.4 Å². The van der Waals surface area contributed by atoms with Gasteiger partial charge in [-0.15, -0.1) is 0 Å². The summed E-state index contributed by atoms with van der Waals surface area (Å²) in [5.41, 5.74) is 4.97. The fourth-order valence-corrected chi connectivity index (χ4v) is 9.35. The summed E-state index contributed by atoms with van der Waals surface area (Å²) in [5.74, 6) is -3.11. The predicted octanol–water partition coefficient (Wildman–Crippen LogP) is 5.36. The number of rotatable bonds is 10. The topological polar surface area (TPSA) is 156 Å². The molecule has 9 rings (SSSR count). The maximum atomic E-state index is 16.6. The Kier molecular flexibility index (Phi) is 11.1. The van der Waals surface area contributed by atoms with Gasteiger partial charge in [0, 0.05) is 113 Å². The van der Waals surface area contributed by atoms with Gasteiger partial charge in [0.2, 0.25) is 17.7 Å². The standard InChI is InChI=1S/C47H49F2N9O5/c1-54(2)46(63)39-25-36-34(24-35(42(49)43(36)51-39)30-5-3-18-56(26-30)41(60)14-20-58-19-4-17-50-58)29-6-8-31(9-7-29)55-21-15-47(16-22-55)27-57(28-47)32-10-11-33(37(48)23-32)44(61)52-38-12-13-40(59)53-45(38)62/h4-11,17,19,23-25,38,51H,3,12-16,18,20-22,26-28H2,1-2H3,(H,52,61)(H,53,59,62). The van der Waals surface area contributed by atoms with E-state index in [-0.39, 0.29) is 59.8 Å². The Bertz CT molecular complexity index is 2640. The third kappa shape index (κ3) is 8.29. The van der Waals surface area contributed by atoms with Crippen LogP contribution in [0.1, 0.15) is 64.9 Å². The molecule has 0 aliphatic carbocycles. The van der Waals surface area contributed by atoms with Crippen LogP contribution in [-0.4, -0.2) is 114 Å². The number of carbonyl (C=O) groups excluding carboxylic acids is 5. The van der Waals surface area contributed by atoms with Crippen molar-refractivity contribution >= 4 is 57.4 Å². The maximum absolute atomic E-state index is 16.6. The van der Waals surface area contributed by atoms with Crippen LogP contribution in [-0.2, 0) is 20.9 Å². The van der Waals surface area contributed by atoms with Crippen molar-refractivity contribution in [2.45, 2.75) is 51.1 Å². The lowest BCUT2D eigenvalue weighted by atomic mass is 9.71. The van der Waals surface area contributed by atoms with E-state index in [0.29, 0.717) is 36.1 Å². The number of aromatic amines is 1. The zero-order valence-corrected chi connectivity index (χ0v) is 35.3. The second-order valence-electron chi connectivity index (χ2n) is 17.3. The molecule has 63 heavy (non-hydrogen) atoms. The van der Waals surface area contributed by atoms with Crippen LogP contribution in [0.15, 0.2) is 79.1 Å². The zero-order chi connectivity index (χ0) is 44.0. The van der Waals surface area contributed by atoms with Crippen LogP contribution in [0.25, 0.3) is 27.6 Å². The van der Waals surface area contributed by atoms with Gasteiger partial charge in [0.15, 0.2) is 5.82 Å². The van der Waals surface area contributed by atoms with E-state index in [4.69, 9.17) is 0 Å². The minimum atomic E-state index is -0.886. The highest BCUT2D eigenvalue weighted by Gasteiger charge is 2.45. The molecule has 14 nitrogen and oxygen atoms in total. The van der Waals surface area contributed by atoms with Gasteiger partial charge in [0.25, 0.3) is 11.8 Å². The van der Waals surface area contributed by atoms with Crippen molar-refractivity contribution in [2.75, 3.05) is 63.2 Å². The van der Waals surface area contributed by atoms with Crippen LogP contribution >= 0.6 is 0 Å². The van der Waals surface area contributed by atoms with Crippen LogP contribution in [0.4, 0.5) is 20.2 Å². The summed E-state index contributed by atoms with van der Waals surface area (Å²) in [7, 11) is 3.31. The van der Waals surface area contributed by atoms with Crippen molar-refractivity contribution < 1.29 is 32.8 Å². The summed E-state index contributed by atoms with van der Waals surface area (Å²) in [5, 5.41) is 9.52. The molecule has 0 radical (unpaired) electrons. The summed E-state index contributed by atoms with van der Waals surface area (Å²) in [4.78, 5) is 73.4. The number of imide groups is 1.